The molecule has 13 rings (SSSR count). The summed E-state index contributed by atoms with van der Waals surface area (Å²) in [5.41, 5.74) is 13.6. The number of hydrogen-bond acceptors (Lipinski definition) is 5. The molecule has 0 bridgehead atoms. The van der Waals surface area contributed by atoms with Crippen molar-refractivity contribution in [3.05, 3.63) is 187 Å². The van der Waals surface area contributed by atoms with Gasteiger partial charge in [-0.2, -0.15) is 0 Å². The highest BCUT2D eigenvalue weighted by atomic mass is 16.3. The molecule has 0 aliphatic heterocycles. The number of aromatic nitrogens is 4. The highest BCUT2D eigenvalue weighted by molar-refractivity contribution is 6.15. The number of benzene rings is 8. The summed E-state index contributed by atoms with van der Waals surface area (Å²) in [6.45, 7) is 0. The molecule has 1 aliphatic carbocycles. The lowest BCUT2D eigenvalue weighted by molar-refractivity contribution is 0.666. The molecule has 12 aromatic rings. The standard InChI is InChI=1S/C55H34N4O2/c1-2-14-33(15-3-1)34-18-12-19-37(30-34)53-56-54(42-23-13-27-49-50(42)41-22-8-11-26-48(41)60-49)58-55(57-53)43-29-28-40-39-21-7-10-25-47(39)61-52(40)51(43)59-45-24-9-6-20-38(45)44-31-35-16-4-5-17-36(35)32-46(44)59/h1-3,5-15,17-32H,4,16H2. The minimum Gasteiger partial charge on any atom is -0.456 e. The van der Waals surface area contributed by atoms with Crippen LogP contribution >= 0.6 is 0 Å². The molecule has 0 atom stereocenters. The summed E-state index contributed by atoms with van der Waals surface area (Å²) in [4.78, 5) is 16.2. The minimum absolute atomic E-state index is 0.538. The maximum Gasteiger partial charge on any atom is 0.166 e. The van der Waals surface area contributed by atoms with Gasteiger partial charge in [0.1, 0.15) is 22.4 Å². The summed E-state index contributed by atoms with van der Waals surface area (Å²) in [6.07, 6.45) is 6.60. The van der Waals surface area contributed by atoms with E-state index in [1.54, 1.807) is 0 Å². The average Bonchev–Trinajstić information content (AvgIpc) is 4.00. The number of para-hydroxylation sites is 3. The Kier molecular flexibility index (Phi) is 7.33. The smallest absolute Gasteiger partial charge is 0.166 e. The highest BCUT2D eigenvalue weighted by Crippen LogP contribution is 2.44. The number of rotatable bonds is 5. The lowest BCUT2D eigenvalue weighted by Crippen LogP contribution is -2.04. The van der Waals surface area contributed by atoms with Crippen LogP contribution < -0.4 is 0 Å². The van der Waals surface area contributed by atoms with Crippen LogP contribution in [0.3, 0.4) is 0 Å². The van der Waals surface area contributed by atoms with Crippen LogP contribution in [-0.2, 0) is 6.42 Å². The van der Waals surface area contributed by atoms with Gasteiger partial charge < -0.3 is 13.4 Å². The maximum absolute atomic E-state index is 6.95. The van der Waals surface area contributed by atoms with E-state index < -0.39 is 0 Å². The van der Waals surface area contributed by atoms with Gasteiger partial charge in [0.05, 0.1) is 11.0 Å². The average molecular weight is 783 g/mol. The van der Waals surface area contributed by atoms with E-state index in [0.29, 0.717) is 17.5 Å². The predicted molar refractivity (Wildman–Crippen MR) is 248 cm³/mol. The van der Waals surface area contributed by atoms with Gasteiger partial charge in [0.2, 0.25) is 0 Å². The zero-order valence-corrected chi connectivity index (χ0v) is 32.8. The van der Waals surface area contributed by atoms with Crippen LogP contribution in [0, 0.1) is 0 Å². The molecule has 0 radical (unpaired) electrons. The monoisotopic (exact) mass is 782 g/mol. The summed E-state index contributed by atoms with van der Waals surface area (Å²) in [5, 5.41) is 6.44. The fourth-order valence-corrected chi connectivity index (χ4v) is 9.49. The van der Waals surface area contributed by atoms with E-state index >= 15 is 0 Å². The summed E-state index contributed by atoms with van der Waals surface area (Å²) in [7, 11) is 0. The number of nitrogens with zero attached hydrogens (tertiary/aromatic N) is 4. The largest absolute Gasteiger partial charge is 0.456 e. The van der Waals surface area contributed by atoms with E-state index in [0.717, 1.165) is 101 Å². The van der Waals surface area contributed by atoms with E-state index in [4.69, 9.17) is 23.8 Å². The molecule has 8 aromatic carbocycles. The van der Waals surface area contributed by atoms with Gasteiger partial charge in [0, 0.05) is 49.0 Å². The molecule has 61 heavy (non-hydrogen) atoms. The van der Waals surface area contributed by atoms with Crippen molar-refractivity contribution in [2.24, 2.45) is 0 Å². The van der Waals surface area contributed by atoms with Crippen molar-refractivity contribution >= 4 is 71.8 Å². The summed E-state index contributed by atoms with van der Waals surface area (Å²) in [6, 6.07) is 59.1. The van der Waals surface area contributed by atoms with Crippen molar-refractivity contribution in [3.8, 4) is 51.0 Å². The highest BCUT2D eigenvalue weighted by Gasteiger charge is 2.26. The van der Waals surface area contributed by atoms with Gasteiger partial charge in [-0.1, -0.05) is 127 Å². The van der Waals surface area contributed by atoms with Crippen LogP contribution in [0.4, 0.5) is 0 Å². The molecule has 0 amide bonds. The third-order valence-electron chi connectivity index (χ3n) is 12.3. The van der Waals surface area contributed by atoms with E-state index in [9.17, 15) is 0 Å². The number of allylic oxidation sites excluding steroid dienone is 1. The first-order chi connectivity index (χ1) is 30.2. The molecule has 4 heterocycles. The Balaban J connectivity index is 1.15. The van der Waals surface area contributed by atoms with Gasteiger partial charge in [-0.15, -0.1) is 0 Å². The third-order valence-corrected chi connectivity index (χ3v) is 12.3. The van der Waals surface area contributed by atoms with Gasteiger partial charge in [-0.3, -0.25) is 0 Å². The fraction of sp³-hybridized carbons (Fsp3) is 0.0364. The van der Waals surface area contributed by atoms with Crippen LogP contribution in [0.15, 0.2) is 185 Å². The Labute approximate surface area is 349 Å². The van der Waals surface area contributed by atoms with Crippen LogP contribution in [0.1, 0.15) is 17.5 Å². The SMILES string of the molecule is C1=Cc2cc3c(cc2CC1)c1ccccc1n3-c1c(-c2nc(-c3cccc(-c4ccccc4)c3)nc(-c3cccc4oc5ccccc5c34)n2)ccc2c1oc1ccccc12. The summed E-state index contributed by atoms with van der Waals surface area (Å²) >= 11 is 0. The Hall–Kier alpha value is -8.09. The summed E-state index contributed by atoms with van der Waals surface area (Å²) < 4.78 is 15.7. The van der Waals surface area contributed by atoms with Crippen molar-refractivity contribution in [2.75, 3.05) is 0 Å². The first kappa shape index (κ1) is 33.8. The molecule has 0 N–H and O–H groups in total. The molecule has 0 saturated carbocycles. The molecular weight excluding hydrogens is 749 g/mol. The third kappa shape index (κ3) is 5.25. The Bertz CT molecular complexity index is 3780. The van der Waals surface area contributed by atoms with Crippen molar-refractivity contribution in [1.82, 2.24) is 19.5 Å². The van der Waals surface area contributed by atoms with E-state index in [-0.39, 0.29) is 0 Å². The second kappa shape index (κ2) is 13.2. The maximum atomic E-state index is 6.95. The zero-order chi connectivity index (χ0) is 40.0. The number of furan rings is 2. The number of hydrogen-bond donors (Lipinski definition) is 0. The van der Waals surface area contributed by atoms with Gasteiger partial charge in [-0.25, -0.2) is 15.0 Å². The second-order valence-electron chi connectivity index (χ2n) is 15.8. The van der Waals surface area contributed by atoms with Crippen molar-refractivity contribution in [1.29, 1.82) is 0 Å². The molecule has 0 saturated heterocycles. The normalized spacial score (nSPS) is 12.7. The Morgan fingerprint density at radius 3 is 2.02 bits per heavy atom. The van der Waals surface area contributed by atoms with Crippen molar-refractivity contribution < 1.29 is 8.83 Å². The quantitative estimate of drug-likeness (QED) is 0.174. The van der Waals surface area contributed by atoms with E-state index in [2.05, 4.69) is 138 Å². The van der Waals surface area contributed by atoms with Gasteiger partial charge in [0.25, 0.3) is 0 Å². The van der Waals surface area contributed by atoms with Crippen LogP contribution in [0.25, 0.3) is 123 Å². The minimum atomic E-state index is 0.538. The number of fused-ring (bicyclic) bond motifs is 10. The van der Waals surface area contributed by atoms with Crippen molar-refractivity contribution in [3.63, 3.8) is 0 Å². The molecule has 6 nitrogen and oxygen atoms in total. The molecule has 0 spiro atoms. The zero-order valence-electron chi connectivity index (χ0n) is 32.8. The first-order valence-electron chi connectivity index (χ1n) is 20.7. The Morgan fingerprint density at radius 1 is 0.443 bits per heavy atom. The molecular formula is C55H34N4O2. The van der Waals surface area contributed by atoms with Gasteiger partial charge >= 0.3 is 0 Å². The molecule has 4 aromatic heterocycles. The summed E-state index contributed by atoms with van der Waals surface area (Å²) in [5.74, 6) is 1.66. The predicted octanol–water partition coefficient (Wildman–Crippen LogP) is 14.4. The van der Waals surface area contributed by atoms with E-state index in [1.165, 1.54) is 21.9 Å². The van der Waals surface area contributed by atoms with Crippen LogP contribution in [0.5, 0.6) is 0 Å². The molecule has 6 heteroatoms. The lowest BCUT2D eigenvalue weighted by atomic mass is 9.95. The van der Waals surface area contributed by atoms with Gasteiger partial charge in [-0.05, 0) is 89.7 Å². The molecule has 0 unspecified atom stereocenters. The topological polar surface area (TPSA) is 69.9 Å². The Morgan fingerprint density at radius 2 is 1.13 bits per heavy atom. The van der Waals surface area contributed by atoms with Crippen LogP contribution in [-0.4, -0.2) is 19.5 Å². The van der Waals surface area contributed by atoms with Gasteiger partial charge in [0.15, 0.2) is 23.1 Å². The number of aryl methyl sites for hydroxylation is 1. The van der Waals surface area contributed by atoms with E-state index in [1.807, 2.05) is 48.5 Å². The second-order valence-corrected chi connectivity index (χ2v) is 15.8. The lowest BCUT2D eigenvalue weighted by Gasteiger charge is -2.16. The molecule has 0 fully saturated rings. The molecule has 1 aliphatic rings. The van der Waals surface area contributed by atoms with Crippen LogP contribution in [0.2, 0.25) is 0 Å². The van der Waals surface area contributed by atoms with Crippen molar-refractivity contribution in [2.45, 2.75) is 12.8 Å². The fourth-order valence-electron chi connectivity index (χ4n) is 9.49. The first-order valence-corrected chi connectivity index (χ1v) is 20.7. The molecule has 286 valence electrons.